The SMILES string of the molecule is CCCCCCCCCCCCCCCCCOC(=O)c1cc(-c2ccccc2)c(C(=O)OCCCCCCCCCCCCCCCCC)c(C(=O)OCCCCCCCCCCCCCCCCC)c1C(=O)OCCCCCCCCCCCCCCCCC. The molecule has 0 aliphatic carbocycles. The average Bonchev–Trinajstić information content (AvgIpc) is 0.826. The van der Waals surface area contributed by atoms with E-state index >= 15 is 0 Å². The number of carbonyl (C=O) groups excluding carboxylic acids is 4. The maximum absolute atomic E-state index is 15.0. The number of ether oxygens (including phenoxy) is 4. The highest BCUT2D eigenvalue weighted by atomic mass is 16.5. The Kier molecular flexibility index (Phi) is 59.3. The zero-order valence-corrected chi connectivity index (χ0v) is 61.0. The molecule has 0 saturated heterocycles. The number of carbonyl (C=O) groups is 4. The van der Waals surface area contributed by atoms with Crippen molar-refractivity contribution in [2.24, 2.45) is 0 Å². The molecular formula is C84H146O8. The molecule has 0 aliphatic heterocycles. The van der Waals surface area contributed by atoms with E-state index in [1.165, 1.54) is 283 Å². The molecule has 0 radical (unpaired) electrons. The first kappa shape index (κ1) is 84.4. The Morgan fingerprint density at radius 2 is 0.424 bits per heavy atom. The van der Waals surface area contributed by atoms with Gasteiger partial charge in [0.1, 0.15) is 0 Å². The summed E-state index contributed by atoms with van der Waals surface area (Å²) in [4.78, 5) is 59.3. The summed E-state index contributed by atoms with van der Waals surface area (Å²) in [6.07, 6.45) is 73.4. The van der Waals surface area contributed by atoms with Crippen LogP contribution >= 0.6 is 0 Å². The molecule has 0 amide bonds. The molecule has 530 valence electrons. The number of rotatable bonds is 69. The van der Waals surface area contributed by atoms with Crippen molar-refractivity contribution in [3.8, 4) is 11.1 Å². The Bertz CT molecular complexity index is 2000. The maximum Gasteiger partial charge on any atom is 0.339 e. The molecule has 0 N–H and O–H groups in total. The van der Waals surface area contributed by atoms with Gasteiger partial charge in [-0.15, -0.1) is 0 Å². The molecule has 8 nitrogen and oxygen atoms in total. The number of hydrogen-bond acceptors (Lipinski definition) is 8. The molecule has 0 bridgehead atoms. The van der Waals surface area contributed by atoms with E-state index in [0.717, 1.165) is 77.0 Å². The fourth-order valence-electron chi connectivity index (χ4n) is 13.2. The molecule has 0 aliphatic rings. The fraction of sp³-hybridized carbons (Fsp3) is 0.810. The monoisotopic (exact) mass is 1280 g/mol. The lowest BCUT2D eigenvalue weighted by Gasteiger charge is -2.20. The zero-order valence-electron chi connectivity index (χ0n) is 61.0. The predicted molar refractivity (Wildman–Crippen MR) is 393 cm³/mol. The van der Waals surface area contributed by atoms with Gasteiger partial charge in [0.05, 0.1) is 48.7 Å². The van der Waals surface area contributed by atoms with Crippen LogP contribution in [0.2, 0.25) is 0 Å². The van der Waals surface area contributed by atoms with Crippen LogP contribution in [0, 0.1) is 0 Å². The summed E-state index contributed by atoms with van der Waals surface area (Å²) in [5, 5.41) is 0. The van der Waals surface area contributed by atoms with Gasteiger partial charge in [-0.3, -0.25) is 0 Å². The Morgan fingerprint density at radius 3 is 0.663 bits per heavy atom. The van der Waals surface area contributed by atoms with Crippen molar-refractivity contribution in [1.82, 2.24) is 0 Å². The summed E-state index contributed by atoms with van der Waals surface area (Å²) >= 11 is 0. The first-order valence-electron chi connectivity index (χ1n) is 40.4. The third kappa shape index (κ3) is 46.4. The van der Waals surface area contributed by atoms with Crippen LogP contribution in [0.5, 0.6) is 0 Å². The smallest absolute Gasteiger partial charge is 0.339 e. The summed E-state index contributed by atoms with van der Waals surface area (Å²) in [5.74, 6) is -3.10. The highest BCUT2D eigenvalue weighted by Gasteiger charge is 2.36. The van der Waals surface area contributed by atoms with Crippen LogP contribution in [0.4, 0.5) is 0 Å². The highest BCUT2D eigenvalue weighted by Crippen LogP contribution is 2.35. The van der Waals surface area contributed by atoms with Crippen LogP contribution in [0.25, 0.3) is 11.1 Å². The zero-order chi connectivity index (χ0) is 66.1. The number of esters is 4. The molecule has 0 aromatic heterocycles. The van der Waals surface area contributed by atoms with Gasteiger partial charge in [-0.25, -0.2) is 19.2 Å². The van der Waals surface area contributed by atoms with Crippen LogP contribution in [0.3, 0.4) is 0 Å². The van der Waals surface area contributed by atoms with Crippen LogP contribution in [0.1, 0.15) is 454 Å². The summed E-state index contributed by atoms with van der Waals surface area (Å²) in [6, 6.07) is 10.9. The largest absolute Gasteiger partial charge is 0.462 e. The van der Waals surface area contributed by atoms with E-state index in [1.54, 1.807) is 6.07 Å². The Hall–Kier alpha value is -3.68. The van der Waals surface area contributed by atoms with Gasteiger partial charge in [-0.2, -0.15) is 0 Å². The van der Waals surface area contributed by atoms with E-state index in [1.807, 2.05) is 30.3 Å². The summed E-state index contributed by atoms with van der Waals surface area (Å²) in [6.45, 7) is 9.68. The Balaban J connectivity index is 2.27. The summed E-state index contributed by atoms with van der Waals surface area (Å²) < 4.78 is 24.3. The van der Waals surface area contributed by atoms with E-state index in [-0.39, 0.29) is 48.7 Å². The minimum absolute atomic E-state index is 0.0727. The van der Waals surface area contributed by atoms with Crippen molar-refractivity contribution < 1.29 is 38.1 Å². The lowest BCUT2D eigenvalue weighted by molar-refractivity contribution is 0.0415. The van der Waals surface area contributed by atoms with Gasteiger partial charge in [0.15, 0.2) is 0 Å². The fourth-order valence-corrected chi connectivity index (χ4v) is 13.2. The minimum atomic E-state index is -0.831. The van der Waals surface area contributed by atoms with Crippen molar-refractivity contribution in [2.45, 2.75) is 413 Å². The van der Waals surface area contributed by atoms with Gasteiger partial charge in [0.25, 0.3) is 0 Å². The van der Waals surface area contributed by atoms with Crippen LogP contribution in [-0.2, 0) is 18.9 Å². The summed E-state index contributed by atoms with van der Waals surface area (Å²) in [7, 11) is 0. The van der Waals surface area contributed by atoms with Gasteiger partial charge < -0.3 is 18.9 Å². The van der Waals surface area contributed by atoms with Gasteiger partial charge in [-0.1, -0.05) is 418 Å². The molecule has 0 spiro atoms. The van der Waals surface area contributed by atoms with Crippen molar-refractivity contribution in [1.29, 1.82) is 0 Å². The number of benzene rings is 2. The van der Waals surface area contributed by atoms with Gasteiger partial charge in [-0.05, 0) is 42.9 Å². The summed E-state index contributed by atoms with van der Waals surface area (Å²) in [5.41, 5.74) is 0.225. The lowest BCUT2D eigenvalue weighted by Crippen LogP contribution is -2.25. The molecule has 2 aromatic rings. The Morgan fingerprint density at radius 1 is 0.228 bits per heavy atom. The van der Waals surface area contributed by atoms with E-state index in [4.69, 9.17) is 18.9 Å². The van der Waals surface area contributed by atoms with Gasteiger partial charge in [0, 0.05) is 0 Å². The first-order valence-corrected chi connectivity index (χ1v) is 40.4. The molecule has 8 heteroatoms. The molecule has 0 fully saturated rings. The van der Waals surface area contributed by atoms with Crippen LogP contribution < -0.4 is 0 Å². The van der Waals surface area contributed by atoms with Crippen LogP contribution in [0.15, 0.2) is 36.4 Å². The topological polar surface area (TPSA) is 105 Å². The van der Waals surface area contributed by atoms with Crippen molar-refractivity contribution in [3.05, 3.63) is 58.7 Å². The van der Waals surface area contributed by atoms with Gasteiger partial charge >= 0.3 is 23.9 Å². The number of hydrogen-bond donors (Lipinski definition) is 0. The third-order valence-electron chi connectivity index (χ3n) is 19.2. The standard InChI is InChI=1S/C84H146O8/c1-5-9-13-17-21-25-29-33-37-41-45-49-53-57-64-70-89-81(85)77-74-76(75-68-62-61-63-69-75)78(82(86)90-71-65-58-54-50-46-42-38-34-30-26-22-18-14-10-6-2)80(84(88)92-73-67-60-56-52-48-44-40-36-32-28-24-20-16-12-8-4)79(77)83(87)91-72-66-59-55-51-47-43-39-35-31-27-23-19-15-11-7-3/h61-63,68-69,74H,5-60,64-67,70-73H2,1-4H3. The first-order chi connectivity index (χ1) is 45.4. The second-order valence-corrected chi connectivity index (χ2v) is 27.8. The molecular weight excluding hydrogens is 1140 g/mol. The van der Waals surface area contributed by atoms with Crippen molar-refractivity contribution >= 4 is 23.9 Å². The normalized spacial score (nSPS) is 11.4. The quantitative estimate of drug-likeness (QED) is 0.0366. The molecule has 92 heavy (non-hydrogen) atoms. The Labute approximate surface area is 568 Å². The minimum Gasteiger partial charge on any atom is -0.462 e. The number of unbranched alkanes of at least 4 members (excludes halogenated alkanes) is 56. The van der Waals surface area contributed by atoms with Crippen LogP contribution in [-0.4, -0.2) is 50.3 Å². The van der Waals surface area contributed by atoms with E-state index < -0.39 is 23.9 Å². The molecule has 0 unspecified atom stereocenters. The van der Waals surface area contributed by atoms with Crippen molar-refractivity contribution in [2.75, 3.05) is 26.4 Å². The average molecular weight is 1280 g/mol. The molecule has 2 rings (SSSR count). The molecule has 0 atom stereocenters. The van der Waals surface area contributed by atoms with E-state index in [0.29, 0.717) is 36.8 Å². The van der Waals surface area contributed by atoms with Crippen molar-refractivity contribution in [3.63, 3.8) is 0 Å². The molecule has 0 saturated carbocycles. The van der Waals surface area contributed by atoms with E-state index in [9.17, 15) is 19.2 Å². The van der Waals surface area contributed by atoms with E-state index in [2.05, 4.69) is 27.7 Å². The van der Waals surface area contributed by atoms with Gasteiger partial charge in [0.2, 0.25) is 0 Å². The molecule has 2 aromatic carbocycles. The molecule has 0 heterocycles. The second kappa shape index (κ2) is 64.6. The third-order valence-corrected chi connectivity index (χ3v) is 19.2. The lowest BCUT2D eigenvalue weighted by atomic mass is 9.88. The second-order valence-electron chi connectivity index (χ2n) is 27.8. The predicted octanol–water partition coefficient (Wildman–Crippen LogP) is 27.5. The highest BCUT2D eigenvalue weighted by molar-refractivity contribution is 6.18. The maximum atomic E-state index is 15.0.